The summed E-state index contributed by atoms with van der Waals surface area (Å²) in [6.07, 6.45) is 3.69. The summed E-state index contributed by atoms with van der Waals surface area (Å²) in [5, 5.41) is 13.5. The number of aliphatic imine (C=N–C) groups is 1. The Kier molecular flexibility index (Phi) is 5.29. The summed E-state index contributed by atoms with van der Waals surface area (Å²) in [6, 6.07) is 0. The fourth-order valence-corrected chi connectivity index (χ4v) is 3.62. The van der Waals surface area contributed by atoms with Gasteiger partial charge in [0.1, 0.15) is 12.2 Å². The lowest BCUT2D eigenvalue weighted by molar-refractivity contribution is 0.298. The fraction of sp³-hybridized carbons (Fsp3) is 0.600. The van der Waals surface area contributed by atoms with Crippen LogP contribution in [0.15, 0.2) is 16.7 Å². The zero-order valence-corrected chi connectivity index (χ0v) is 15.2. The van der Waals surface area contributed by atoms with Crippen LogP contribution < -0.4 is 10.2 Å². The van der Waals surface area contributed by atoms with Gasteiger partial charge < -0.3 is 15.1 Å². The third-order valence-corrected chi connectivity index (χ3v) is 5.23. The summed E-state index contributed by atoms with van der Waals surface area (Å²) in [6.45, 7) is 2.62. The second kappa shape index (κ2) is 7.61. The van der Waals surface area contributed by atoms with Gasteiger partial charge in [-0.2, -0.15) is 5.10 Å². The van der Waals surface area contributed by atoms with Gasteiger partial charge in [-0.25, -0.2) is 9.97 Å². The van der Waals surface area contributed by atoms with Crippen molar-refractivity contribution in [3.63, 3.8) is 0 Å². The van der Waals surface area contributed by atoms with Crippen molar-refractivity contribution in [3.05, 3.63) is 23.2 Å². The van der Waals surface area contributed by atoms with E-state index >= 15 is 0 Å². The number of piperidine rings is 1. The van der Waals surface area contributed by atoms with Crippen molar-refractivity contribution in [2.24, 2.45) is 4.99 Å². The highest BCUT2D eigenvalue weighted by Gasteiger charge is 2.24. The summed E-state index contributed by atoms with van der Waals surface area (Å²) in [4.78, 5) is 17.6. The van der Waals surface area contributed by atoms with Gasteiger partial charge in [-0.05, 0) is 12.8 Å². The van der Waals surface area contributed by atoms with Gasteiger partial charge in [0.15, 0.2) is 11.1 Å². The Morgan fingerprint density at radius 1 is 1.46 bits per heavy atom. The van der Waals surface area contributed by atoms with Gasteiger partial charge in [-0.15, -0.1) is 11.3 Å². The van der Waals surface area contributed by atoms with Crippen molar-refractivity contribution in [1.82, 2.24) is 30.4 Å². The number of aromatic amines is 1. The molecule has 8 nitrogen and oxygen atoms in total. The third-order valence-electron chi connectivity index (χ3n) is 4.18. The number of nitrogens with one attached hydrogen (secondary N) is 2. The standard InChI is InChI=1S/C15H24N8S/c1-16-14(17-8-12-9-24-15(20-12)22(2)3)23-6-4-11(5-7-23)13-18-10-19-21-13/h9-11H,4-8H2,1-3H3,(H,16,17)(H,18,19,21). The molecule has 0 aromatic carbocycles. The molecule has 0 atom stereocenters. The highest BCUT2D eigenvalue weighted by molar-refractivity contribution is 7.13. The quantitative estimate of drug-likeness (QED) is 0.640. The van der Waals surface area contributed by atoms with Crippen molar-refractivity contribution in [2.45, 2.75) is 25.3 Å². The van der Waals surface area contributed by atoms with Crippen LogP contribution in [0.2, 0.25) is 0 Å². The first-order valence-electron chi connectivity index (χ1n) is 8.10. The average Bonchev–Trinajstić information content (AvgIpc) is 3.28. The number of anilines is 1. The maximum absolute atomic E-state index is 4.60. The molecule has 2 aromatic heterocycles. The number of nitrogens with zero attached hydrogens (tertiary/aromatic N) is 6. The number of H-pyrrole nitrogens is 1. The molecule has 0 amide bonds. The number of rotatable bonds is 4. The molecule has 0 spiro atoms. The fourth-order valence-electron chi connectivity index (χ4n) is 2.86. The number of guanidine groups is 1. The van der Waals surface area contributed by atoms with E-state index in [1.165, 1.54) is 0 Å². The van der Waals surface area contributed by atoms with Gasteiger partial charge in [-0.1, -0.05) is 0 Å². The monoisotopic (exact) mass is 348 g/mol. The maximum atomic E-state index is 4.60. The molecule has 1 aliphatic heterocycles. The first-order chi connectivity index (χ1) is 11.7. The van der Waals surface area contributed by atoms with Crippen LogP contribution in [0.5, 0.6) is 0 Å². The highest BCUT2D eigenvalue weighted by Crippen LogP contribution is 2.25. The SMILES string of the molecule is CN=C(NCc1csc(N(C)C)n1)N1CCC(c2ncn[nH]2)CC1. The van der Waals surface area contributed by atoms with E-state index in [1.54, 1.807) is 17.7 Å². The Bertz CT molecular complexity index is 655. The van der Waals surface area contributed by atoms with Gasteiger partial charge in [0.25, 0.3) is 0 Å². The predicted octanol–water partition coefficient (Wildman–Crippen LogP) is 1.28. The summed E-state index contributed by atoms with van der Waals surface area (Å²) in [5.41, 5.74) is 1.04. The van der Waals surface area contributed by atoms with E-state index in [0.717, 1.165) is 48.5 Å². The lowest BCUT2D eigenvalue weighted by atomic mass is 9.96. The van der Waals surface area contributed by atoms with Crippen LogP contribution in [-0.2, 0) is 6.54 Å². The van der Waals surface area contributed by atoms with Crippen LogP contribution >= 0.6 is 11.3 Å². The molecule has 2 aromatic rings. The molecule has 1 aliphatic rings. The van der Waals surface area contributed by atoms with Crippen LogP contribution in [0, 0.1) is 0 Å². The van der Waals surface area contributed by atoms with Crippen LogP contribution in [0.4, 0.5) is 5.13 Å². The molecule has 9 heteroatoms. The minimum Gasteiger partial charge on any atom is -0.354 e. The Morgan fingerprint density at radius 3 is 2.83 bits per heavy atom. The minimum atomic E-state index is 0.461. The lowest BCUT2D eigenvalue weighted by Crippen LogP contribution is -2.45. The zero-order valence-electron chi connectivity index (χ0n) is 14.4. The van der Waals surface area contributed by atoms with Crippen LogP contribution in [0.3, 0.4) is 0 Å². The normalized spacial score (nSPS) is 16.5. The highest BCUT2D eigenvalue weighted by atomic mass is 32.1. The summed E-state index contributed by atoms with van der Waals surface area (Å²) < 4.78 is 0. The van der Waals surface area contributed by atoms with Crippen molar-refractivity contribution >= 4 is 22.4 Å². The topological polar surface area (TPSA) is 85.3 Å². The minimum absolute atomic E-state index is 0.461. The Hall–Kier alpha value is -2.16. The molecule has 1 saturated heterocycles. The summed E-state index contributed by atoms with van der Waals surface area (Å²) in [5.74, 6) is 2.39. The largest absolute Gasteiger partial charge is 0.354 e. The van der Waals surface area contributed by atoms with Crippen LogP contribution in [0.25, 0.3) is 0 Å². The lowest BCUT2D eigenvalue weighted by Gasteiger charge is -2.33. The van der Waals surface area contributed by atoms with E-state index in [-0.39, 0.29) is 0 Å². The summed E-state index contributed by atoms with van der Waals surface area (Å²) in [7, 11) is 5.85. The van der Waals surface area contributed by atoms with Crippen molar-refractivity contribution < 1.29 is 0 Å². The Balaban J connectivity index is 1.51. The average molecular weight is 348 g/mol. The molecule has 1 fully saturated rings. The summed E-state index contributed by atoms with van der Waals surface area (Å²) >= 11 is 1.66. The van der Waals surface area contributed by atoms with Gasteiger partial charge in [0, 0.05) is 45.5 Å². The third kappa shape index (κ3) is 3.84. The second-order valence-electron chi connectivity index (χ2n) is 6.05. The Labute approximate surface area is 146 Å². The first kappa shape index (κ1) is 16.7. The van der Waals surface area contributed by atoms with E-state index in [9.17, 15) is 0 Å². The number of aromatic nitrogens is 4. The molecule has 2 N–H and O–H groups in total. The molecule has 24 heavy (non-hydrogen) atoms. The molecule has 0 aliphatic carbocycles. The molecule has 3 heterocycles. The van der Waals surface area contributed by atoms with Gasteiger partial charge in [0.05, 0.1) is 12.2 Å². The van der Waals surface area contributed by atoms with Crippen LogP contribution in [-0.4, -0.2) is 65.3 Å². The van der Waals surface area contributed by atoms with Gasteiger partial charge in [-0.3, -0.25) is 10.1 Å². The number of likely N-dealkylation sites (tertiary alicyclic amines) is 1. The molecular weight excluding hydrogens is 324 g/mol. The zero-order chi connectivity index (χ0) is 16.9. The van der Waals surface area contributed by atoms with Gasteiger partial charge >= 0.3 is 0 Å². The van der Waals surface area contributed by atoms with E-state index in [1.807, 2.05) is 26.0 Å². The van der Waals surface area contributed by atoms with Crippen molar-refractivity contribution in [1.29, 1.82) is 0 Å². The van der Waals surface area contributed by atoms with Gasteiger partial charge in [0.2, 0.25) is 0 Å². The van der Waals surface area contributed by atoms with E-state index in [4.69, 9.17) is 0 Å². The van der Waals surface area contributed by atoms with E-state index in [0.29, 0.717) is 12.5 Å². The number of hydrogen-bond donors (Lipinski definition) is 2. The smallest absolute Gasteiger partial charge is 0.193 e. The number of hydrogen-bond acceptors (Lipinski definition) is 6. The number of thiazole rings is 1. The molecule has 0 unspecified atom stereocenters. The van der Waals surface area contributed by atoms with Crippen molar-refractivity contribution in [2.75, 3.05) is 39.1 Å². The molecule has 0 radical (unpaired) electrons. The molecule has 0 bridgehead atoms. The molecule has 130 valence electrons. The van der Waals surface area contributed by atoms with E-state index < -0.39 is 0 Å². The van der Waals surface area contributed by atoms with Crippen LogP contribution in [0.1, 0.15) is 30.3 Å². The Morgan fingerprint density at radius 2 is 2.25 bits per heavy atom. The maximum Gasteiger partial charge on any atom is 0.193 e. The van der Waals surface area contributed by atoms with E-state index in [2.05, 4.69) is 40.8 Å². The predicted molar refractivity (Wildman–Crippen MR) is 96.6 cm³/mol. The molecular formula is C15H24N8S. The molecule has 3 rings (SSSR count). The second-order valence-corrected chi connectivity index (χ2v) is 6.89. The first-order valence-corrected chi connectivity index (χ1v) is 8.98. The molecule has 0 saturated carbocycles. The van der Waals surface area contributed by atoms with Crippen molar-refractivity contribution in [3.8, 4) is 0 Å².